The summed E-state index contributed by atoms with van der Waals surface area (Å²) in [6.45, 7) is 1.51. The number of ether oxygens (including phenoxy) is 2. The van der Waals surface area contributed by atoms with Crippen LogP contribution in [0.25, 0.3) is 11.1 Å². The van der Waals surface area contributed by atoms with Gasteiger partial charge in [0.15, 0.2) is 0 Å². The molecular weight excluding hydrogens is 436 g/mol. The minimum atomic E-state index is -0.738. The molecular formula is C23H23F2N3O5. The van der Waals surface area contributed by atoms with Crippen molar-refractivity contribution in [3.8, 4) is 11.1 Å². The second-order valence-corrected chi connectivity index (χ2v) is 7.96. The van der Waals surface area contributed by atoms with Gasteiger partial charge in [-0.25, -0.2) is 18.4 Å². The molecule has 0 radical (unpaired) electrons. The van der Waals surface area contributed by atoms with E-state index in [1.165, 1.54) is 22.8 Å². The Balaban J connectivity index is 1.42. The molecule has 2 atom stereocenters. The number of amides is 3. The Morgan fingerprint density at radius 3 is 2.42 bits per heavy atom. The van der Waals surface area contributed by atoms with Gasteiger partial charge in [-0.15, -0.1) is 0 Å². The Labute approximate surface area is 189 Å². The summed E-state index contributed by atoms with van der Waals surface area (Å²) in [5.41, 5.74) is 2.14. The quantitative estimate of drug-likeness (QED) is 0.687. The summed E-state index contributed by atoms with van der Waals surface area (Å²) in [6.07, 6.45) is -2.40. The van der Waals surface area contributed by atoms with Crippen LogP contribution in [0.2, 0.25) is 0 Å². The van der Waals surface area contributed by atoms with E-state index in [0.717, 1.165) is 5.56 Å². The van der Waals surface area contributed by atoms with E-state index in [9.17, 15) is 23.2 Å². The zero-order chi connectivity index (χ0) is 23.5. The summed E-state index contributed by atoms with van der Waals surface area (Å²) in [4.78, 5) is 37.7. The van der Waals surface area contributed by atoms with Gasteiger partial charge in [-0.2, -0.15) is 0 Å². The van der Waals surface area contributed by atoms with Gasteiger partial charge in [0.2, 0.25) is 5.91 Å². The van der Waals surface area contributed by atoms with E-state index in [2.05, 4.69) is 5.32 Å². The summed E-state index contributed by atoms with van der Waals surface area (Å²) in [7, 11) is 0. The molecule has 2 saturated heterocycles. The fraction of sp³-hybridized carbons (Fsp3) is 0.348. The molecule has 174 valence electrons. The average Bonchev–Trinajstić information content (AvgIpc) is 3.34. The number of carbonyl (C=O) groups is 3. The fourth-order valence-electron chi connectivity index (χ4n) is 3.80. The molecule has 0 bridgehead atoms. The van der Waals surface area contributed by atoms with Gasteiger partial charge in [0, 0.05) is 19.0 Å². The van der Waals surface area contributed by atoms with Crippen LogP contribution in [0.3, 0.4) is 0 Å². The standard InChI is InChI=1S/C23H23F2N3O5/c1-14(29)26-10-19-13-28(23(31)33-19)17-6-7-20(21(25)8-17)16-4-2-15(3-5-16)11-27-12-18(9-24)32-22(27)30/h2-8,18-19H,9-13H2,1H3,(H,26,29)/t18?,19-/m0/s1. The number of cyclic esters (lactones) is 2. The fourth-order valence-corrected chi connectivity index (χ4v) is 3.80. The van der Waals surface area contributed by atoms with Gasteiger partial charge < -0.3 is 19.7 Å². The number of halogens is 2. The molecule has 3 amide bonds. The lowest BCUT2D eigenvalue weighted by molar-refractivity contribution is -0.119. The summed E-state index contributed by atoms with van der Waals surface area (Å²) in [5, 5.41) is 2.59. The first-order chi connectivity index (χ1) is 15.8. The summed E-state index contributed by atoms with van der Waals surface area (Å²) >= 11 is 0. The Morgan fingerprint density at radius 1 is 1.06 bits per heavy atom. The van der Waals surface area contributed by atoms with Crippen LogP contribution in [0.4, 0.5) is 24.1 Å². The van der Waals surface area contributed by atoms with Gasteiger partial charge in [-0.05, 0) is 29.3 Å². The molecule has 0 aliphatic carbocycles. The van der Waals surface area contributed by atoms with Gasteiger partial charge in [-0.1, -0.05) is 24.3 Å². The summed E-state index contributed by atoms with van der Waals surface area (Å²) in [5.74, 6) is -0.734. The van der Waals surface area contributed by atoms with Crippen molar-refractivity contribution in [1.82, 2.24) is 10.2 Å². The second kappa shape index (κ2) is 9.43. The third-order valence-corrected chi connectivity index (χ3v) is 5.48. The SMILES string of the molecule is CC(=O)NC[C@H]1CN(c2ccc(-c3ccc(CN4CC(CF)OC4=O)cc3)c(F)c2)C(=O)O1. The van der Waals surface area contributed by atoms with E-state index in [-0.39, 0.29) is 32.1 Å². The highest BCUT2D eigenvalue weighted by atomic mass is 19.1. The highest BCUT2D eigenvalue weighted by Crippen LogP contribution is 2.29. The van der Waals surface area contributed by atoms with Gasteiger partial charge in [0.1, 0.15) is 24.7 Å². The molecule has 0 aromatic heterocycles. The van der Waals surface area contributed by atoms with E-state index in [4.69, 9.17) is 9.47 Å². The smallest absolute Gasteiger partial charge is 0.414 e. The average molecular weight is 459 g/mol. The first-order valence-corrected chi connectivity index (χ1v) is 10.5. The van der Waals surface area contributed by atoms with Gasteiger partial charge in [0.25, 0.3) is 0 Å². The number of rotatable bonds is 7. The topological polar surface area (TPSA) is 88.2 Å². The number of anilines is 1. The minimum absolute atomic E-state index is 0.189. The lowest BCUT2D eigenvalue weighted by Gasteiger charge is -2.15. The van der Waals surface area contributed by atoms with Crippen molar-refractivity contribution in [2.24, 2.45) is 0 Å². The molecule has 8 nitrogen and oxygen atoms in total. The number of hydrogen-bond acceptors (Lipinski definition) is 5. The summed E-state index contributed by atoms with van der Waals surface area (Å²) in [6, 6.07) is 11.5. The monoisotopic (exact) mass is 459 g/mol. The molecule has 2 aliphatic rings. The summed E-state index contributed by atoms with van der Waals surface area (Å²) < 4.78 is 37.7. The number of carbonyl (C=O) groups excluding carboxylic acids is 3. The molecule has 2 fully saturated rings. The largest absolute Gasteiger partial charge is 0.442 e. The maximum atomic E-state index is 14.9. The first-order valence-electron chi connectivity index (χ1n) is 10.5. The van der Waals surface area contributed by atoms with Crippen molar-refractivity contribution in [3.05, 3.63) is 53.8 Å². The number of benzene rings is 2. The van der Waals surface area contributed by atoms with Crippen molar-refractivity contribution in [3.63, 3.8) is 0 Å². The van der Waals surface area contributed by atoms with Crippen LogP contribution in [-0.2, 0) is 20.8 Å². The van der Waals surface area contributed by atoms with Crippen LogP contribution in [0.5, 0.6) is 0 Å². The lowest BCUT2D eigenvalue weighted by Crippen LogP contribution is -2.33. The number of hydrogen-bond donors (Lipinski definition) is 1. The number of nitrogens with one attached hydrogen (secondary N) is 1. The predicted molar refractivity (Wildman–Crippen MR) is 115 cm³/mol. The van der Waals surface area contributed by atoms with E-state index < -0.39 is 36.9 Å². The van der Waals surface area contributed by atoms with E-state index >= 15 is 0 Å². The van der Waals surface area contributed by atoms with Crippen molar-refractivity contribution in [1.29, 1.82) is 0 Å². The lowest BCUT2D eigenvalue weighted by atomic mass is 10.0. The molecule has 4 rings (SSSR count). The van der Waals surface area contributed by atoms with Crippen LogP contribution in [-0.4, -0.2) is 61.5 Å². The third kappa shape index (κ3) is 5.05. The van der Waals surface area contributed by atoms with Crippen molar-refractivity contribution < 1.29 is 32.6 Å². The van der Waals surface area contributed by atoms with Crippen LogP contribution in [0.1, 0.15) is 12.5 Å². The van der Waals surface area contributed by atoms with Crippen LogP contribution in [0.15, 0.2) is 42.5 Å². The van der Waals surface area contributed by atoms with Crippen LogP contribution >= 0.6 is 0 Å². The predicted octanol–water partition coefficient (Wildman–Crippen LogP) is 3.24. The third-order valence-electron chi connectivity index (χ3n) is 5.48. The van der Waals surface area contributed by atoms with Gasteiger partial charge >= 0.3 is 12.2 Å². The Morgan fingerprint density at radius 2 is 1.79 bits per heavy atom. The highest BCUT2D eigenvalue weighted by Gasteiger charge is 2.33. The molecule has 2 aromatic carbocycles. The maximum Gasteiger partial charge on any atom is 0.414 e. The molecule has 0 spiro atoms. The van der Waals surface area contributed by atoms with E-state index in [1.54, 1.807) is 36.4 Å². The maximum absolute atomic E-state index is 14.9. The Hall–Kier alpha value is -3.69. The number of nitrogens with zero attached hydrogens (tertiary/aromatic N) is 2. The first kappa shape index (κ1) is 22.5. The molecule has 1 N–H and O–H groups in total. The molecule has 2 heterocycles. The Kier molecular flexibility index (Phi) is 6.43. The number of alkyl halides is 1. The van der Waals surface area contributed by atoms with Crippen LogP contribution < -0.4 is 10.2 Å². The molecule has 33 heavy (non-hydrogen) atoms. The van der Waals surface area contributed by atoms with E-state index in [0.29, 0.717) is 16.8 Å². The van der Waals surface area contributed by atoms with Gasteiger partial charge in [-0.3, -0.25) is 9.69 Å². The van der Waals surface area contributed by atoms with Crippen LogP contribution in [0, 0.1) is 5.82 Å². The molecule has 0 saturated carbocycles. The molecule has 2 aliphatic heterocycles. The van der Waals surface area contributed by atoms with Crippen molar-refractivity contribution in [2.45, 2.75) is 25.7 Å². The zero-order valence-electron chi connectivity index (χ0n) is 17.9. The molecule has 10 heteroatoms. The Bertz CT molecular complexity index is 1060. The van der Waals surface area contributed by atoms with Gasteiger partial charge in [0.05, 0.1) is 25.3 Å². The molecule has 1 unspecified atom stereocenters. The second-order valence-electron chi connectivity index (χ2n) is 7.96. The zero-order valence-corrected chi connectivity index (χ0v) is 17.9. The molecule has 2 aromatic rings. The van der Waals surface area contributed by atoms with E-state index in [1.807, 2.05) is 0 Å². The normalized spacial score (nSPS) is 20.1. The van der Waals surface area contributed by atoms with Crippen molar-refractivity contribution >= 4 is 23.8 Å². The minimum Gasteiger partial charge on any atom is -0.442 e. The van der Waals surface area contributed by atoms with Crippen molar-refractivity contribution in [2.75, 3.05) is 31.2 Å². The highest BCUT2D eigenvalue weighted by molar-refractivity contribution is 5.90.